The van der Waals surface area contributed by atoms with Crippen molar-refractivity contribution in [2.75, 3.05) is 43.6 Å². The fourth-order valence-electron chi connectivity index (χ4n) is 4.18. The van der Waals surface area contributed by atoms with Crippen LogP contribution in [0.2, 0.25) is 5.02 Å². The summed E-state index contributed by atoms with van der Waals surface area (Å²) in [5.41, 5.74) is 2.52. The normalized spacial score (nSPS) is 16.5. The van der Waals surface area contributed by atoms with E-state index in [1.807, 2.05) is 29.5 Å². The van der Waals surface area contributed by atoms with Gasteiger partial charge >= 0.3 is 0 Å². The average Bonchev–Trinajstić information content (AvgIpc) is 3.17. The Labute approximate surface area is 185 Å². The van der Waals surface area contributed by atoms with E-state index in [2.05, 4.69) is 10.2 Å². The summed E-state index contributed by atoms with van der Waals surface area (Å²) in [5.74, 6) is 2.40. The summed E-state index contributed by atoms with van der Waals surface area (Å²) in [5, 5.41) is 5.40. The van der Waals surface area contributed by atoms with Gasteiger partial charge in [-0.15, -0.1) is 11.3 Å². The summed E-state index contributed by atoms with van der Waals surface area (Å²) in [6.45, 7) is 3.72. The Bertz CT molecular complexity index is 1060. The number of nitrogens with zero attached hydrogens (tertiary/aromatic N) is 3. The van der Waals surface area contributed by atoms with Crippen LogP contribution in [0.1, 0.15) is 28.8 Å². The number of thiophene rings is 1. The van der Waals surface area contributed by atoms with Crippen LogP contribution in [-0.4, -0.2) is 43.4 Å². The monoisotopic (exact) mass is 444 g/mol. The second-order valence-electron chi connectivity index (χ2n) is 7.69. The lowest BCUT2D eigenvalue weighted by molar-refractivity contribution is 0.122. The van der Waals surface area contributed by atoms with Crippen LogP contribution < -0.4 is 15.0 Å². The zero-order chi connectivity index (χ0) is 20.5. The average molecular weight is 445 g/mol. The van der Waals surface area contributed by atoms with E-state index in [9.17, 15) is 0 Å². The van der Waals surface area contributed by atoms with Crippen molar-refractivity contribution in [3.05, 3.63) is 39.2 Å². The second kappa shape index (κ2) is 8.57. The molecule has 3 aromatic rings. The van der Waals surface area contributed by atoms with E-state index < -0.39 is 0 Å². The van der Waals surface area contributed by atoms with Gasteiger partial charge in [-0.3, -0.25) is 0 Å². The van der Waals surface area contributed by atoms with E-state index in [-0.39, 0.29) is 0 Å². The van der Waals surface area contributed by atoms with Gasteiger partial charge in [0.1, 0.15) is 16.4 Å². The highest BCUT2D eigenvalue weighted by molar-refractivity contribution is 7.19. The molecule has 1 fully saturated rings. The van der Waals surface area contributed by atoms with Gasteiger partial charge in [-0.25, -0.2) is 4.98 Å². The molecular weight excluding hydrogens is 420 g/mol. The first-order valence-electron chi connectivity index (χ1n) is 10.4. The van der Waals surface area contributed by atoms with E-state index in [0.29, 0.717) is 17.3 Å². The van der Waals surface area contributed by atoms with Crippen LogP contribution in [-0.2, 0) is 24.1 Å². The maximum absolute atomic E-state index is 6.32. The number of halogens is 1. The highest BCUT2D eigenvalue weighted by atomic mass is 35.5. The van der Waals surface area contributed by atoms with Crippen LogP contribution in [0, 0.1) is 0 Å². The summed E-state index contributed by atoms with van der Waals surface area (Å²) < 4.78 is 10.8. The van der Waals surface area contributed by atoms with E-state index in [4.69, 9.17) is 31.0 Å². The van der Waals surface area contributed by atoms with Crippen LogP contribution in [0.5, 0.6) is 5.75 Å². The number of nitrogens with one attached hydrogen (secondary N) is 1. The van der Waals surface area contributed by atoms with Gasteiger partial charge in [0.2, 0.25) is 5.95 Å². The van der Waals surface area contributed by atoms with Crippen molar-refractivity contribution in [2.45, 2.75) is 32.2 Å². The Hall–Kier alpha value is -2.09. The molecular formula is C22H25ClN4O2S. The Kier molecular flexibility index (Phi) is 5.67. The van der Waals surface area contributed by atoms with Crippen molar-refractivity contribution in [3.8, 4) is 5.75 Å². The Morgan fingerprint density at radius 3 is 2.83 bits per heavy atom. The molecule has 0 saturated carbocycles. The van der Waals surface area contributed by atoms with Gasteiger partial charge in [-0.1, -0.05) is 17.7 Å². The molecule has 1 aromatic carbocycles. The number of aryl methyl sites for hydroxylation is 2. The number of rotatable bonds is 5. The summed E-state index contributed by atoms with van der Waals surface area (Å²) in [4.78, 5) is 14.7. The largest absolute Gasteiger partial charge is 0.495 e. The molecule has 3 heterocycles. The fourth-order valence-corrected chi connectivity index (χ4v) is 5.72. The smallest absolute Gasteiger partial charge is 0.228 e. The molecule has 0 radical (unpaired) electrons. The molecule has 6 nitrogen and oxygen atoms in total. The molecule has 158 valence electrons. The quantitative estimate of drug-likeness (QED) is 0.616. The first-order valence-corrected chi connectivity index (χ1v) is 11.6. The van der Waals surface area contributed by atoms with E-state index in [1.165, 1.54) is 28.7 Å². The van der Waals surface area contributed by atoms with Crippen LogP contribution in [0.4, 0.5) is 11.8 Å². The minimum atomic E-state index is 0.617. The lowest BCUT2D eigenvalue weighted by Crippen LogP contribution is -2.37. The predicted molar refractivity (Wildman–Crippen MR) is 122 cm³/mol. The Morgan fingerprint density at radius 1 is 1.20 bits per heavy atom. The third kappa shape index (κ3) is 3.82. The summed E-state index contributed by atoms with van der Waals surface area (Å²) in [6, 6.07) is 5.88. The zero-order valence-corrected chi connectivity index (χ0v) is 18.6. The highest BCUT2D eigenvalue weighted by Gasteiger charge is 2.23. The van der Waals surface area contributed by atoms with E-state index >= 15 is 0 Å². The third-order valence-corrected chi connectivity index (χ3v) is 7.25. The molecule has 1 aliphatic carbocycles. The molecule has 1 N–H and O–H groups in total. The Morgan fingerprint density at radius 2 is 2.03 bits per heavy atom. The summed E-state index contributed by atoms with van der Waals surface area (Å²) in [6.07, 6.45) is 4.75. The number of fused-ring (bicyclic) bond motifs is 3. The number of morpholine rings is 1. The van der Waals surface area contributed by atoms with Crippen LogP contribution >= 0.6 is 22.9 Å². The van der Waals surface area contributed by atoms with Crippen molar-refractivity contribution >= 4 is 44.9 Å². The van der Waals surface area contributed by atoms with Gasteiger partial charge in [-0.05, 0) is 48.9 Å². The van der Waals surface area contributed by atoms with Gasteiger partial charge in [-0.2, -0.15) is 4.98 Å². The minimum absolute atomic E-state index is 0.617. The maximum atomic E-state index is 6.32. The van der Waals surface area contributed by atoms with Gasteiger partial charge in [0.05, 0.1) is 30.7 Å². The molecule has 1 aliphatic heterocycles. The molecule has 1 saturated heterocycles. The first kappa shape index (κ1) is 19.8. The number of ether oxygens (including phenoxy) is 2. The number of aromatic nitrogens is 2. The number of benzene rings is 1. The fraction of sp³-hybridized carbons (Fsp3) is 0.455. The number of anilines is 2. The summed E-state index contributed by atoms with van der Waals surface area (Å²) in [7, 11) is 1.63. The van der Waals surface area contributed by atoms with Gasteiger partial charge in [0.25, 0.3) is 0 Å². The van der Waals surface area contributed by atoms with Crippen LogP contribution in [0.25, 0.3) is 10.2 Å². The lowest BCUT2D eigenvalue weighted by Gasteiger charge is -2.27. The molecule has 8 heteroatoms. The molecule has 0 unspecified atom stereocenters. The van der Waals surface area contributed by atoms with Crippen molar-refractivity contribution in [1.29, 1.82) is 0 Å². The molecule has 0 amide bonds. The zero-order valence-electron chi connectivity index (χ0n) is 17.0. The summed E-state index contributed by atoms with van der Waals surface area (Å²) >= 11 is 8.15. The SMILES string of the molecule is COc1ccc(CNc2nc(N3CCOCC3)nc3sc4c(c23)CCCC4)cc1Cl. The van der Waals surface area contributed by atoms with Gasteiger partial charge < -0.3 is 19.7 Å². The first-order chi connectivity index (χ1) is 14.7. The van der Waals surface area contributed by atoms with Crippen molar-refractivity contribution < 1.29 is 9.47 Å². The van der Waals surface area contributed by atoms with Crippen molar-refractivity contribution in [1.82, 2.24) is 9.97 Å². The van der Waals surface area contributed by atoms with Gasteiger partial charge in [0, 0.05) is 24.5 Å². The van der Waals surface area contributed by atoms with Crippen LogP contribution in [0.3, 0.4) is 0 Å². The molecule has 0 spiro atoms. The third-order valence-electron chi connectivity index (χ3n) is 5.77. The van der Waals surface area contributed by atoms with Crippen molar-refractivity contribution in [3.63, 3.8) is 0 Å². The standard InChI is InChI=1S/C22H25ClN4O2S/c1-28-17-7-6-14(12-16(17)23)13-24-20-19-15-4-2-3-5-18(15)30-21(19)26-22(25-20)27-8-10-29-11-9-27/h6-7,12H,2-5,8-11,13H2,1H3,(H,24,25,26). The van der Waals surface area contributed by atoms with Crippen LogP contribution in [0.15, 0.2) is 18.2 Å². The highest BCUT2D eigenvalue weighted by Crippen LogP contribution is 2.39. The topological polar surface area (TPSA) is 59.5 Å². The maximum Gasteiger partial charge on any atom is 0.228 e. The molecule has 0 bridgehead atoms. The minimum Gasteiger partial charge on any atom is -0.495 e. The van der Waals surface area contributed by atoms with Gasteiger partial charge in [0.15, 0.2) is 0 Å². The Balaban J connectivity index is 1.51. The van der Waals surface area contributed by atoms with E-state index in [0.717, 1.165) is 61.3 Å². The number of hydrogen-bond acceptors (Lipinski definition) is 7. The number of methoxy groups -OCH3 is 1. The molecule has 2 aliphatic rings. The second-order valence-corrected chi connectivity index (χ2v) is 9.18. The lowest BCUT2D eigenvalue weighted by atomic mass is 9.97. The molecule has 0 atom stereocenters. The molecule has 5 rings (SSSR count). The van der Waals surface area contributed by atoms with E-state index in [1.54, 1.807) is 7.11 Å². The molecule has 2 aromatic heterocycles. The predicted octanol–water partition coefficient (Wildman–Crippen LogP) is 4.68. The molecule has 30 heavy (non-hydrogen) atoms. The van der Waals surface area contributed by atoms with Crippen molar-refractivity contribution in [2.24, 2.45) is 0 Å². The number of hydrogen-bond donors (Lipinski definition) is 1.